The van der Waals surface area contributed by atoms with E-state index in [-0.39, 0.29) is 0 Å². The molecule has 2 rings (SSSR count). The fraction of sp³-hybridized carbons (Fsp3) is 0.750. The minimum atomic E-state index is 0.521. The first-order valence-electron chi connectivity index (χ1n) is 6.11. The number of nitrogens with zero attached hydrogens (tertiary/aromatic N) is 3. The fourth-order valence-corrected chi connectivity index (χ4v) is 3.30. The van der Waals surface area contributed by atoms with Crippen LogP contribution < -0.4 is 0 Å². The van der Waals surface area contributed by atoms with Crippen LogP contribution in [0.1, 0.15) is 30.7 Å². The Balaban J connectivity index is 2.13. The summed E-state index contributed by atoms with van der Waals surface area (Å²) in [6.07, 6.45) is 3.80. The van der Waals surface area contributed by atoms with Crippen LogP contribution in [0.25, 0.3) is 0 Å². The van der Waals surface area contributed by atoms with Gasteiger partial charge >= 0.3 is 0 Å². The molecule has 1 aromatic heterocycles. The maximum atomic E-state index is 6.05. The Labute approximate surface area is 116 Å². The van der Waals surface area contributed by atoms with Gasteiger partial charge in [0.2, 0.25) is 0 Å². The van der Waals surface area contributed by atoms with Crippen LogP contribution in [-0.4, -0.2) is 33.1 Å². The lowest BCUT2D eigenvalue weighted by atomic mass is 10.0. The Morgan fingerprint density at radius 2 is 2.24 bits per heavy atom. The number of piperidine rings is 1. The Bertz CT molecular complexity index is 391. The number of halogens is 2. The van der Waals surface area contributed by atoms with E-state index in [9.17, 15) is 0 Å². The Kier molecular flexibility index (Phi) is 4.50. The number of rotatable bonds is 3. The highest BCUT2D eigenvalue weighted by Gasteiger charge is 2.23. The molecule has 1 aromatic rings. The molecule has 0 aliphatic carbocycles. The predicted octanol–water partition coefficient (Wildman–Crippen LogP) is 3.08. The molecule has 1 aliphatic heterocycles. The van der Waals surface area contributed by atoms with Gasteiger partial charge in [0.05, 0.1) is 15.9 Å². The van der Waals surface area contributed by atoms with E-state index < -0.39 is 0 Å². The van der Waals surface area contributed by atoms with E-state index >= 15 is 0 Å². The van der Waals surface area contributed by atoms with Crippen LogP contribution in [0.15, 0.2) is 4.47 Å². The van der Waals surface area contributed by atoms with Crippen LogP contribution in [0.4, 0.5) is 0 Å². The molecule has 5 heteroatoms. The predicted molar refractivity (Wildman–Crippen MR) is 74.4 cm³/mol. The number of alkyl halides is 1. The fourth-order valence-electron chi connectivity index (χ4n) is 2.49. The lowest BCUT2D eigenvalue weighted by Crippen LogP contribution is -2.40. The summed E-state index contributed by atoms with van der Waals surface area (Å²) in [5.41, 5.74) is 2.31. The molecular weight excluding hydrogens is 302 g/mol. The first-order chi connectivity index (χ1) is 8.13. The maximum Gasteiger partial charge on any atom is 0.0739 e. The normalized spacial score (nSPS) is 22.0. The van der Waals surface area contributed by atoms with Crippen LogP contribution in [0.3, 0.4) is 0 Å². The van der Waals surface area contributed by atoms with E-state index in [0.29, 0.717) is 6.04 Å². The number of hydrogen-bond donors (Lipinski definition) is 0. The van der Waals surface area contributed by atoms with Crippen molar-refractivity contribution in [2.45, 2.75) is 38.8 Å². The second kappa shape index (κ2) is 5.72. The second-order valence-corrected chi connectivity index (χ2v) is 5.85. The van der Waals surface area contributed by atoms with E-state index in [1.165, 1.54) is 25.0 Å². The van der Waals surface area contributed by atoms with Crippen LogP contribution in [-0.2, 0) is 13.6 Å². The van der Waals surface area contributed by atoms with Gasteiger partial charge in [-0.15, -0.1) is 11.6 Å². The van der Waals surface area contributed by atoms with Crippen molar-refractivity contribution in [3.63, 3.8) is 0 Å². The van der Waals surface area contributed by atoms with Gasteiger partial charge in [-0.2, -0.15) is 5.10 Å². The van der Waals surface area contributed by atoms with Gasteiger partial charge in [-0.1, -0.05) is 6.42 Å². The zero-order valence-electron chi connectivity index (χ0n) is 10.4. The molecule has 0 saturated carbocycles. The van der Waals surface area contributed by atoms with Gasteiger partial charge in [0.15, 0.2) is 0 Å². The lowest BCUT2D eigenvalue weighted by Gasteiger charge is -2.34. The summed E-state index contributed by atoms with van der Waals surface area (Å²) in [4.78, 5) is 2.48. The molecule has 0 radical (unpaired) electrons. The zero-order valence-corrected chi connectivity index (χ0v) is 12.8. The third kappa shape index (κ3) is 2.85. The number of aryl methyl sites for hydroxylation is 2. The number of aromatic nitrogens is 2. The van der Waals surface area contributed by atoms with Crippen molar-refractivity contribution in [1.82, 2.24) is 14.7 Å². The smallest absolute Gasteiger partial charge is 0.0739 e. The molecule has 1 atom stereocenters. The molecule has 3 nitrogen and oxygen atoms in total. The van der Waals surface area contributed by atoms with Crippen LogP contribution in [0.2, 0.25) is 0 Å². The second-order valence-electron chi connectivity index (χ2n) is 4.74. The van der Waals surface area contributed by atoms with Crippen LogP contribution >= 0.6 is 27.5 Å². The number of likely N-dealkylation sites (tertiary alicyclic amines) is 1. The molecule has 96 valence electrons. The van der Waals surface area contributed by atoms with Gasteiger partial charge in [-0.25, -0.2) is 0 Å². The van der Waals surface area contributed by atoms with Gasteiger partial charge in [0, 0.05) is 25.5 Å². The quantitative estimate of drug-likeness (QED) is 0.798. The highest BCUT2D eigenvalue weighted by Crippen LogP contribution is 2.25. The Morgan fingerprint density at radius 1 is 1.47 bits per heavy atom. The molecule has 1 aliphatic rings. The summed E-state index contributed by atoms with van der Waals surface area (Å²) < 4.78 is 3.11. The average Bonchev–Trinajstić information content (AvgIpc) is 2.57. The van der Waals surface area contributed by atoms with E-state index in [1.54, 1.807) is 0 Å². The molecule has 0 spiro atoms. The van der Waals surface area contributed by atoms with Crippen molar-refractivity contribution >= 4 is 27.5 Å². The third-order valence-electron chi connectivity index (χ3n) is 3.54. The molecular formula is C12H19BrClN3. The highest BCUT2D eigenvalue weighted by molar-refractivity contribution is 9.10. The molecule has 0 aromatic carbocycles. The van der Waals surface area contributed by atoms with Crippen molar-refractivity contribution in [3.05, 3.63) is 15.9 Å². The molecule has 2 heterocycles. The van der Waals surface area contributed by atoms with Crippen molar-refractivity contribution in [1.29, 1.82) is 0 Å². The van der Waals surface area contributed by atoms with Crippen molar-refractivity contribution < 1.29 is 0 Å². The monoisotopic (exact) mass is 319 g/mol. The summed E-state index contributed by atoms with van der Waals surface area (Å²) in [5.74, 6) is 0.731. The maximum absolute atomic E-state index is 6.05. The standard InChI is InChI=1S/C12H19BrClN3/c1-9-12(13)11(16(2)15-9)8-17-6-4-3-5-10(17)7-14/h10H,3-8H2,1-2H3. The first kappa shape index (κ1) is 13.4. The first-order valence-corrected chi connectivity index (χ1v) is 7.44. The van der Waals surface area contributed by atoms with Gasteiger partial charge in [-0.05, 0) is 42.2 Å². The summed E-state index contributed by atoms with van der Waals surface area (Å²) in [6, 6.07) is 0.521. The molecule has 17 heavy (non-hydrogen) atoms. The van der Waals surface area contributed by atoms with Gasteiger partial charge in [-0.3, -0.25) is 9.58 Å². The summed E-state index contributed by atoms with van der Waals surface area (Å²) >= 11 is 9.68. The van der Waals surface area contributed by atoms with Gasteiger partial charge in [0.1, 0.15) is 0 Å². The summed E-state index contributed by atoms with van der Waals surface area (Å²) in [7, 11) is 2.01. The SMILES string of the molecule is Cc1nn(C)c(CN2CCCCC2CCl)c1Br. The molecule has 1 saturated heterocycles. The minimum absolute atomic E-state index is 0.521. The third-order valence-corrected chi connectivity index (χ3v) is 4.93. The van der Waals surface area contributed by atoms with Gasteiger partial charge in [0.25, 0.3) is 0 Å². The summed E-state index contributed by atoms with van der Waals surface area (Å²) in [5, 5.41) is 4.44. The molecule has 0 amide bonds. The molecule has 1 fully saturated rings. The zero-order chi connectivity index (χ0) is 12.4. The Morgan fingerprint density at radius 3 is 2.82 bits per heavy atom. The van der Waals surface area contributed by atoms with Crippen LogP contribution in [0, 0.1) is 6.92 Å². The molecule has 1 unspecified atom stereocenters. The molecule has 0 N–H and O–H groups in total. The van der Waals surface area contributed by atoms with Gasteiger partial charge < -0.3 is 0 Å². The van der Waals surface area contributed by atoms with Crippen LogP contribution in [0.5, 0.6) is 0 Å². The van der Waals surface area contributed by atoms with Crippen molar-refractivity contribution in [3.8, 4) is 0 Å². The van der Waals surface area contributed by atoms with Crippen molar-refractivity contribution in [2.24, 2.45) is 7.05 Å². The minimum Gasteiger partial charge on any atom is -0.293 e. The van der Waals surface area contributed by atoms with E-state index in [1.807, 2.05) is 18.7 Å². The number of hydrogen-bond acceptors (Lipinski definition) is 2. The molecule has 0 bridgehead atoms. The van der Waals surface area contributed by atoms with E-state index in [4.69, 9.17) is 11.6 Å². The van der Waals surface area contributed by atoms with Crippen molar-refractivity contribution in [2.75, 3.05) is 12.4 Å². The summed E-state index contributed by atoms with van der Waals surface area (Å²) in [6.45, 7) is 4.12. The average molecular weight is 321 g/mol. The topological polar surface area (TPSA) is 21.1 Å². The lowest BCUT2D eigenvalue weighted by molar-refractivity contribution is 0.151. The van der Waals surface area contributed by atoms with E-state index in [2.05, 4.69) is 25.9 Å². The largest absolute Gasteiger partial charge is 0.293 e. The Hall–Kier alpha value is -0.0600. The highest BCUT2D eigenvalue weighted by atomic mass is 79.9. The van der Waals surface area contributed by atoms with E-state index in [0.717, 1.165) is 29.1 Å².